The Labute approximate surface area is 218 Å². The van der Waals surface area contributed by atoms with Gasteiger partial charge in [-0.05, 0) is 29.5 Å². The number of aromatic nitrogens is 1. The molecule has 0 aromatic carbocycles. The second-order valence-electron chi connectivity index (χ2n) is 8.51. The fourth-order valence-corrected chi connectivity index (χ4v) is 5.02. The lowest BCUT2D eigenvalue weighted by Crippen LogP contribution is -2.50. The molecular formula is C23H27F6N3O5S. The number of likely N-dealkylation sites (tertiary alicyclic amines) is 2. The van der Waals surface area contributed by atoms with Crippen molar-refractivity contribution < 1.29 is 50.9 Å². The summed E-state index contributed by atoms with van der Waals surface area (Å²) in [5, 5.41) is 16.4. The number of piperidine rings is 1. The molecule has 0 unspecified atom stereocenters. The van der Waals surface area contributed by atoms with Gasteiger partial charge in [-0.15, -0.1) is 11.3 Å². The van der Waals surface area contributed by atoms with E-state index in [1.807, 2.05) is 36.9 Å². The van der Waals surface area contributed by atoms with Gasteiger partial charge in [0.15, 0.2) is 0 Å². The number of hydrogen-bond donors (Lipinski definition) is 2. The molecule has 2 saturated heterocycles. The van der Waals surface area contributed by atoms with Crippen LogP contribution in [0.3, 0.4) is 0 Å². The van der Waals surface area contributed by atoms with Gasteiger partial charge < -0.3 is 14.9 Å². The van der Waals surface area contributed by atoms with Crippen LogP contribution in [-0.4, -0.2) is 88.2 Å². The fraction of sp³-hybridized carbons (Fsp3) is 0.522. The molecule has 2 aromatic heterocycles. The SMILES string of the molecule is CO[C@H]1CCN(Cc2cccs2)[C@@H]2CN(Cc3cccnc3)C[C@H]12.O=C(O)C(F)(F)F.O=C(O)C(F)(F)F. The molecule has 4 rings (SSSR count). The number of carboxylic acids is 2. The second-order valence-corrected chi connectivity index (χ2v) is 9.54. The van der Waals surface area contributed by atoms with Gasteiger partial charge in [0.2, 0.25) is 0 Å². The quantitative estimate of drug-likeness (QED) is 0.517. The first-order valence-corrected chi connectivity index (χ1v) is 12.1. The van der Waals surface area contributed by atoms with Crippen LogP contribution in [0.15, 0.2) is 42.0 Å². The van der Waals surface area contributed by atoms with Crippen LogP contribution in [0, 0.1) is 5.92 Å². The number of carbonyl (C=O) groups is 2. The largest absolute Gasteiger partial charge is 0.490 e. The Bertz CT molecular complexity index is 983. The van der Waals surface area contributed by atoms with E-state index in [-0.39, 0.29) is 0 Å². The zero-order valence-electron chi connectivity index (χ0n) is 20.2. The molecule has 4 heterocycles. The molecule has 212 valence electrons. The predicted octanol–water partition coefficient (Wildman–Crippen LogP) is 4.13. The number of alkyl halides is 6. The fourth-order valence-electron chi connectivity index (χ4n) is 4.29. The van der Waals surface area contributed by atoms with Gasteiger partial charge in [0.1, 0.15) is 0 Å². The topological polar surface area (TPSA) is 103 Å². The van der Waals surface area contributed by atoms with E-state index >= 15 is 0 Å². The summed E-state index contributed by atoms with van der Waals surface area (Å²) in [6, 6.07) is 9.21. The minimum atomic E-state index is -5.08. The molecule has 0 bridgehead atoms. The lowest BCUT2D eigenvalue weighted by atomic mass is 9.89. The third-order valence-corrected chi connectivity index (χ3v) is 6.77. The average Bonchev–Trinajstić information content (AvgIpc) is 3.50. The van der Waals surface area contributed by atoms with Gasteiger partial charge in [0.05, 0.1) is 6.10 Å². The number of pyridine rings is 1. The molecule has 15 heteroatoms. The maximum Gasteiger partial charge on any atom is 0.490 e. The molecule has 0 radical (unpaired) electrons. The molecule has 2 aliphatic rings. The van der Waals surface area contributed by atoms with Crippen LogP contribution >= 0.6 is 11.3 Å². The van der Waals surface area contributed by atoms with Gasteiger partial charge in [0, 0.05) is 69.1 Å². The normalized spacial score (nSPS) is 21.9. The van der Waals surface area contributed by atoms with Gasteiger partial charge in [0.25, 0.3) is 0 Å². The number of carboxylic acid groups (broad SMARTS) is 2. The van der Waals surface area contributed by atoms with Crippen molar-refractivity contribution in [2.45, 2.75) is 44.0 Å². The first-order chi connectivity index (χ1) is 17.7. The summed E-state index contributed by atoms with van der Waals surface area (Å²) in [7, 11) is 1.88. The second kappa shape index (κ2) is 13.9. The molecular weight excluding hydrogens is 544 g/mol. The van der Waals surface area contributed by atoms with Crippen molar-refractivity contribution in [1.29, 1.82) is 0 Å². The zero-order valence-corrected chi connectivity index (χ0v) is 21.0. The van der Waals surface area contributed by atoms with Crippen molar-refractivity contribution in [2.24, 2.45) is 5.92 Å². The maximum absolute atomic E-state index is 10.6. The summed E-state index contributed by atoms with van der Waals surface area (Å²) < 4.78 is 69.3. The molecule has 3 atom stereocenters. The van der Waals surface area contributed by atoms with Crippen LogP contribution in [0.4, 0.5) is 26.3 Å². The van der Waals surface area contributed by atoms with Crippen molar-refractivity contribution in [2.75, 3.05) is 26.7 Å². The van der Waals surface area contributed by atoms with Gasteiger partial charge in [-0.25, -0.2) is 9.59 Å². The van der Waals surface area contributed by atoms with Gasteiger partial charge >= 0.3 is 24.3 Å². The Morgan fingerprint density at radius 3 is 2.16 bits per heavy atom. The van der Waals surface area contributed by atoms with E-state index in [0.29, 0.717) is 18.1 Å². The van der Waals surface area contributed by atoms with E-state index < -0.39 is 24.3 Å². The number of nitrogens with zero attached hydrogens (tertiary/aromatic N) is 3. The molecule has 38 heavy (non-hydrogen) atoms. The molecule has 2 fully saturated rings. The van der Waals surface area contributed by atoms with Crippen LogP contribution in [-0.2, 0) is 27.4 Å². The molecule has 8 nitrogen and oxygen atoms in total. The minimum Gasteiger partial charge on any atom is -0.475 e. The van der Waals surface area contributed by atoms with E-state index in [4.69, 9.17) is 24.5 Å². The maximum atomic E-state index is 10.6. The molecule has 2 N–H and O–H groups in total. The van der Waals surface area contributed by atoms with E-state index in [1.54, 1.807) is 0 Å². The van der Waals surface area contributed by atoms with Crippen LogP contribution in [0.25, 0.3) is 0 Å². The number of halogens is 6. The molecule has 0 aliphatic carbocycles. The van der Waals surface area contributed by atoms with Crippen LogP contribution < -0.4 is 0 Å². The van der Waals surface area contributed by atoms with Crippen molar-refractivity contribution in [3.63, 3.8) is 0 Å². The van der Waals surface area contributed by atoms with E-state index in [0.717, 1.165) is 39.1 Å². The number of methoxy groups -OCH3 is 1. The monoisotopic (exact) mass is 571 g/mol. The van der Waals surface area contributed by atoms with Crippen molar-refractivity contribution in [1.82, 2.24) is 14.8 Å². The van der Waals surface area contributed by atoms with Crippen LogP contribution in [0.1, 0.15) is 16.9 Å². The summed E-state index contributed by atoms with van der Waals surface area (Å²) in [6.07, 6.45) is -4.80. The predicted molar refractivity (Wildman–Crippen MR) is 124 cm³/mol. The van der Waals surface area contributed by atoms with E-state index in [1.165, 1.54) is 10.4 Å². The highest BCUT2D eigenvalue weighted by molar-refractivity contribution is 7.09. The lowest BCUT2D eigenvalue weighted by Gasteiger charge is -2.41. The van der Waals surface area contributed by atoms with Crippen molar-refractivity contribution in [3.8, 4) is 0 Å². The van der Waals surface area contributed by atoms with Crippen LogP contribution in [0.5, 0.6) is 0 Å². The summed E-state index contributed by atoms with van der Waals surface area (Å²) in [6.45, 7) is 5.46. The first-order valence-electron chi connectivity index (χ1n) is 11.2. The molecule has 0 spiro atoms. The Hall–Kier alpha value is -2.75. The zero-order chi connectivity index (χ0) is 28.5. The number of aliphatic carboxylic acids is 2. The summed E-state index contributed by atoms with van der Waals surface area (Å²) >= 11 is 1.87. The third kappa shape index (κ3) is 9.85. The summed E-state index contributed by atoms with van der Waals surface area (Å²) in [4.78, 5) is 28.8. The number of hydrogen-bond acceptors (Lipinski definition) is 7. The number of rotatable bonds is 5. The van der Waals surface area contributed by atoms with E-state index in [2.05, 4.69) is 38.4 Å². The third-order valence-electron chi connectivity index (χ3n) is 5.91. The molecule has 2 aliphatic heterocycles. The number of thiophene rings is 1. The molecule has 0 amide bonds. The Morgan fingerprint density at radius 2 is 1.68 bits per heavy atom. The first kappa shape index (κ1) is 31.5. The molecule has 2 aromatic rings. The highest BCUT2D eigenvalue weighted by atomic mass is 32.1. The average molecular weight is 572 g/mol. The van der Waals surface area contributed by atoms with Crippen molar-refractivity contribution >= 4 is 23.3 Å². The summed E-state index contributed by atoms with van der Waals surface area (Å²) in [5.74, 6) is -4.90. The van der Waals surface area contributed by atoms with Gasteiger partial charge in [-0.3, -0.25) is 14.8 Å². The lowest BCUT2D eigenvalue weighted by molar-refractivity contribution is -0.193. The van der Waals surface area contributed by atoms with E-state index in [9.17, 15) is 26.3 Å². The Morgan fingerprint density at radius 1 is 1.05 bits per heavy atom. The van der Waals surface area contributed by atoms with Crippen LogP contribution in [0.2, 0.25) is 0 Å². The molecule has 0 saturated carbocycles. The summed E-state index contributed by atoms with van der Waals surface area (Å²) in [5.41, 5.74) is 1.30. The minimum absolute atomic E-state index is 0.397. The Balaban J connectivity index is 0.000000301. The smallest absolute Gasteiger partial charge is 0.475 e. The highest BCUT2D eigenvalue weighted by Crippen LogP contribution is 2.34. The van der Waals surface area contributed by atoms with Gasteiger partial charge in [-0.2, -0.15) is 26.3 Å². The number of ether oxygens (including phenoxy) is 1. The standard InChI is InChI=1S/C19H25N3OS.2C2HF3O2/c1-23-19-6-8-22(12-16-5-3-9-24-16)18-14-21(13-17(18)19)11-15-4-2-7-20-10-15;2*3-2(4,5)1(6)7/h2-5,7,9-10,17-19H,6,8,11-14H2,1H3;2*(H,6,7)/t17-,18+,19-;;/m0../s1. The van der Waals surface area contributed by atoms with Crippen molar-refractivity contribution in [3.05, 3.63) is 52.5 Å². The Kier molecular flexibility index (Phi) is 11.5. The van der Waals surface area contributed by atoms with Gasteiger partial charge in [-0.1, -0.05) is 12.1 Å². The highest BCUT2D eigenvalue weighted by Gasteiger charge is 2.44. The number of fused-ring (bicyclic) bond motifs is 1.